The predicted molar refractivity (Wildman–Crippen MR) is 75.9 cm³/mol. The summed E-state index contributed by atoms with van der Waals surface area (Å²) in [6, 6.07) is -0.323. The van der Waals surface area contributed by atoms with Gasteiger partial charge in [-0.05, 0) is 33.6 Å². The fourth-order valence-corrected chi connectivity index (χ4v) is 2.92. The highest BCUT2D eigenvalue weighted by Crippen LogP contribution is 2.43. The van der Waals surface area contributed by atoms with Crippen molar-refractivity contribution in [3.8, 4) is 0 Å². The van der Waals surface area contributed by atoms with Crippen molar-refractivity contribution < 1.29 is 24.2 Å². The monoisotopic (exact) mass is 297 g/mol. The Balaban J connectivity index is 2.00. The van der Waals surface area contributed by atoms with Gasteiger partial charge in [-0.15, -0.1) is 0 Å². The maximum Gasteiger partial charge on any atom is 0.408 e. The second kappa shape index (κ2) is 5.67. The lowest BCUT2D eigenvalue weighted by molar-refractivity contribution is -0.149. The average Bonchev–Trinajstić information content (AvgIpc) is 2.94. The molecule has 1 saturated heterocycles. The predicted octanol–water partition coefficient (Wildman–Crippen LogP) is 1.95. The maximum atomic E-state index is 11.8. The summed E-state index contributed by atoms with van der Waals surface area (Å²) in [5.74, 6) is -0.903. The van der Waals surface area contributed by atoms with Crippen LogP contribution in [0.25, 0.3) is 0 Å². The van der Waals surface area contributed by atoms with Gasteiger partial charge >= 0.3 is 12.1 Å². The zero-order valence-corrected chi connectivity index (χ0v) is 12.7. The number of hydrogen-bond donors (Lipinski definition) is 2. The summed E-state index contributed by atoms with van der Waals surface area (Å²) in [6.07, 6.45) is 4.00. The quantitative estimate of drug-likeness (QED) is 0.778. The van der Waals surface area contributed by atoms with Crippen LogP contribution in [0.1, 0.15) is 33.6 Å². The van der Waals surface area contributed by atoms with Crippen molar-refractivity contribution in [1.29, 1.82) is 0 Å². The molecule has 0 radical (unpaired) electrons. The molecule has 0 saturated carbocycles. The van der Waals surface area contributed by atoms with Gasteiger partial charge in [0, 0.05) is 12.5 Å². The minimum absolute atomic E-state index is 0.0447. The van der Waals surface area contributed by atoms with Gasteiger partial charge in [-0.3, -0.25) is 4.79 Å². The zero-order valence-electron chi connectivity index (χ0n) is 12.7. The minimum Gasteiger partial charge on any atom is -0.481 e. The molecule has 118 valence electrons. The van der Waals surface area contributed by atoms with Crippen LogP contribution >= 0.6 is 0 Å². The molecule has 1 heterocycles. The Morgan fingerprint density at radius 3 is 2.67 bits per heavy atom. The summed E-state index contributed by atoms with van der Waals surface area (Å²) in [4.78, 5) is 23.5. The van der Waals surface area contributed by atoms with Crippen LogP contribution in [0, 0.1) is 11.3 Å². The molecule has 1 amide bonds. The van der Waals surface area contributed by atoms with Gasteiger partial charge in [-0.25, -0.2) is 4.79 Å². The highest BCUT2D eigenvalue weighted by atomic mass is 16.6. The Morgan fingerprint density at radius 2 is 2.14 bits per heavy atom. The minimum atomic E-state index is -0.948. The molecule has 1 unspecified atom stereocenters. The van der Waals surface area contributed by atoms with Gasteiger partial charge in [0.2, 0.25) is 0 Å². The van der Waals surface area contributed by atoms with E-state index in [-0.39, 0.29) is 12.0 Å². The van der Waals surface area contributed by atoms with Crippen LogP contribution < -0.4 is 5.32 Å². The molecular formula is C15H23NO5. The number of carbonyl (C=O) groups is 2. The van der Waals surface area contributed by atoms with Crippen LogP contribution in [-0.4, -0.2) is 42.0 Å². The van der Waals surface area contributed by atoms with E-state index in [0.717, 1.165) is 6.42 Å². The number of aliphatic carboxylic acids is 1. The average molecular weight is 297 g/mol. The van der Waals surface area contributed by atoms with Crippen molar-refractivity contribution in [2.75, 3.05) is 13.2 Å². The van der Waals surface area contributed by atoms with Crippen LogP contribution in [0.15, 0.2) is 12.2 Å². The van der Waals surface area contributed by atoms with E-state index in [1.54, 1.807) is 32.9 Å². The van der Waals surface area contributed by atoms with E-state index in [1.165, 1.54) is 0 Å². The third kappa shape index (κ3) is 3.56. The number of nitrogens with one attached hydrogen (secondary N) is 1. The SMILES string of the molecule is CC(C)(C)OC(=O)N[C@@H]1C=C[C@@](C(=O)O)(C2CCOC2)C1. The topological polar surface area (TPSA) is 84.9 Å². The van der Waals surface area contributed by atoms with Crippen molar-refractivity contribution in [3.63, 3.8) is 0 Å². The Morgan fingerprint density at radius 1 is 1.43 bits per heavy atom. The molecule has 3 atom stereocenters. The normalized spacial score (nSPS) is 32.1. The molecule has 0 aromatic carbocycles. The summed E-state index contributed by atoms with van der Waals surface area (Å²) >= 11 is 0. The summed E-state index contributed by atoms with van der Waals surface area (Å²) in [5.41, 5.74) is -1.52. The van der Waals surface area contributed by atoms with Crippen molar-refractivity contribution in [2.45, 2.75) is 45.3 Å². The lowest BCUT2D eigenvalue weighted by Crippen LogP contribution is -2.42. The Hall–Kier alpha value is -1.56. The molecule has 1 aliphatic carbocycles. The molecule has 2 rings (SSSR count). The maximum absolute atomic E-state index is 11.8. The lowest BCUT2D eigenvalue weighted by Gasteiger charge is -2.29. The molecule has 0 aromatic heterocycles. The van der Waals surface area contributed by atoms with Crippen LogP contribution in [0.3, 0.4) is 0 Å². The fourth-order valence-electron chi connectivity index (χ4n) is 2.92. The summed E-state index contributed by atoms with van der Waals surface area (Å²) in [5, 5.41) is 12.3. The van der Waals surface area contributed by atoms with Crippen LogP contribution in [-0.2, 0) is 14.3 Å². The number of ether oxygens (including phenoxy) is 2. The first kappa shape index (κ1) is 15.8. The number of amides is 1. The van der Waals surface area contributed by atoms with Crippen molar-refractivity contribution in [1.82, 2.24) is 5.32 Å². The molecule has 2 N–H and O–H groups in total. The Bertz CT molecular complexity index is 447. The van der Waals surface area contributed by atoms with Gasteiger partial charge in [-0.1, -0.05) is 12.2 Å². The third-order valence-electron chi connectivity index (χ3n) is 3.94. The molecule has 0 bridgehead atoms. The smallest absolute Gasteiger partial charge is 0.408 e. The molecule has 6 heteroatoms. The number of carboxylic acids is 1. The van der Waals surface area contributed by atoms with E-state index in [1.807, 2.05) is 0 Å². The molecule has 0 aromatic rings. The Kier molecular flexibility index (Phi) is 4.27. The van der Waals surface area contributed by atoms with E-state index < -0.39 is 23.1 Å². The molecule has 21 heavy (non-hydrogen) atoms. The van der Waals surface area contributed by atoms with Gasteiger partial charge in [0.25, 0.3) is 0 Å². The van der Waals surface area contributed by atoms with Gasteiger partial charge < -0.3 is 19.9 Å². The van der Waals surface area contributed by atoms with Crippen molar-refractivity contribution in [2.24, 2.45) is 11.3 Å². The van der Waals surface area contributed by atoms with E-state index in [4.69, 9.17) is 9.47 Å². The van der Waals surface area contributed by atoms with Gasteiger partial charge in [0.05, 0.1) is 18.1 Å². The highest BCUT2D eigenvalue weighted by molar-refractivity contribution is 5.79. The first-order chi connectivity index (χ1) is 9.73. The largest absolute Gasteiger partial charge is 0.481 e. The van der Waals surface area contributed by atoms with E-state index in [0.29, 0.717) is 19.6 Å². The molecular weight excluding hydrogens is 274 g/mol. The molecule has 2 aliphatic rings. The zero-order chi connectivity index (χ0) is 15.7. The number of carboxylic acid groups (broad SMARTS) is 1. The standard InChI is InChI=1S/C15H23NO5/c1-14(2,3)21-13(19)16-11-4-6-15(8-11,12(17)18)10-5-7-20-9-10/h4,6,10-11H,5,7-9H2,1-3H3,(H,16,19)(H,17,18)/t10?,11-,15+/m1/s1. The van der Waals surface area contributed by atoms with Crippen molar-refractivity contribution in [3.05, 3.63) is 12.2 Å². The first-order valence-electron chi connectivity index (χ1n) is 7.23. The molecule has 6 nitrogen and oxygen atoms in total. The van der Waals surface area contributed by atoms with Crippen LogP contribution in [0.5, 0.6) is 0 Å². The van der Waals surface area contributed by atoms with Gasteiger partial charge in [-0.2, -0.15) is 0 Å². The van der Waals surface area contributed by atoms with E-state index in [2.05, 4.69) is 5.32 Å². The summed E-state index contributed by atoms with van der Waals surface area (Å²) in [6.45, 7) is 6.41. The number of carbonyl (C=O) groups excluding carboxylic acids is 1. The van der Waals surface area contributed by atoms with Crippen LogP contribution in [0.2, 0.25) is 0 Å². The van der Waals surface area contributed by atoms with E-state index in [9.17, 15) is 14.7 Å². The number of alkyl carbamates (subject to hydrolysis) is 1. The summed E-state index contributed by atoms with van der Waals surface area (Å²) < 4.78 is 10.5. The Labute approximate surface area is 124 Å². The molecule has 1 fully saturated rings. The first-order valence-corrected chi connectivity index (χ1v) is 7.23. The van der Waals surface area contributed by atoms with E-state index >= 15 is 0 Å². The van der Waals surface area contributed by atoms with Crippen LogP contribution in [0.4, 0.5) is 4.79 Å². The highest BCUT2D eigenvalue weighted by Gasteiger charge is 2.49. The lowest BCUT2D eigenvalue weighted by atomic mass is 9.74. The number of rotatable bonds is 3. The third-order valence-corrected chi connectivity index (χ3v) is 3.94. The molecule has 0 spiro atoms. The summed E-state index contributed by atoms with van der Waals surface area (Å²) in [7, 11) is 0. The second-order valence-corrected chi connectivity index (χ2v) is 6.72. The fraction of sp³-hybridized carbons (Fsp3) is 0.733. The van der Waals surface area contributed by atoms with Gasteiger partial charge in [0.1, 0.15) is 5.60 Å². The molecule has 1 aliphatic heterocycles. The van der Waals surface area contributed by atoms with Crippen molar-refractivity contribution >= 4 is 12.1 Å². The second-order valence-electron chi connectivity index (χ2n) is 6.72. The van der Waals surface area contributed by atoms with Gasteiger partial charge in [0.15, 0.2) is 0 Å². The number of hydrogen-bond acceptors (Lipinski definition) is 4.